The normalized spacial score (nSPS) is 24.2. The molecule has 0 radical (unpaired) electrons. The zero-order valence-electron chi connectivity index (χ0n) is 22.8. The number of unbranched alkanes of at least 4 members (excludes halogenated alkanes) is 3. The molecular weight excluding hydrogens is 464 g/mol. The van der Waals surface area contributed by atoms with Gasteiger partial charge < -0.3 is 30.6 Å². The van der Waals surface area contributed by atoms with Crippen LogP contribution in [0.25, 0.3) is 11.2 Å². The molecule has 3 aliphatic rings. The first-order valence-corrected chi connectivity index (χ1v) is 14.9. The molecule has 3 heterocycles. The van der Waals surface area contributed by atoms with Crippen LogP contribution in [0.2, 0.25) is 0 Å². The van der Waals surface area contributed by atoms with E-state index >= 15 is 0 Å². The predicted molar refractivity (Wildman–Crippen MR) is 150 cm³/mol. The summed E-state index contributed by atoms with van der Waals surface area (Å²) < 4.78 is 7.47. The molecular formula is C28H48N8O. The number of hydrogen-bond donors (Lipinski definition) is 3. The number of ether oxygens (including phenoxy) is 1. The van der Waals surface area contributed by atoms with Gasteiger partial charge in [-0.25, -0.2) is 4.98 Å². The molecule has 0 spiro atoms. The van der Waals surface area contributed by atoms with Crippen LogP contribution in [-0.4, -0.2) is 75.9 Å². The SMILES string of the molecule is COCCCCCCN1CCC(Nc2nc(NC3CCC(N)CC3)nc3c2ncn3C2CCCC2)CC1. The minimum absolute atomic E-state index is 0.337. The number of aromatic nitrogens is 4. The molecule has 2 aromatic rings. The molecule has 9 heteroatoms. The lowest BCUT2D eigenvalue weighted by Crippen LogP contribution is -2.39. The Balaban J connectivity index is 1.23. The molecule has 206 valence electrons. The van der Waals surface area contributed by atoms with E-state index in [1.165, 1.54) is 57.9 Å². The van der Waals surface area contributed by atoms with Crippen molar-refractivity contribution in [3.63, 3.8) is 0 Å². The number of nitrogens with one attached hydrogen (secondary N) is 2. The van der Waals surface area contributed by atoms with E-state index in [-0.39, 0.29) is 0 Å². The first-order chi connectivity index (χ1) is 18.2. The lowest BCUT2D eigenvalue weighted by Gasteiger charge is -2.32. The Morgan fingerprint density at radius 1 is 0.892 bits per heavy atom. The molecule has 9 nitrogen and oxygen atoms in total. The highest BCUT2D eigenvalue weighted by Crippen LogP contribution is 2.34. The summed E-state index contributed by atoms with van der Waals surface area (Å²) in [5, 5.41) is 7.45. The van der Waals surface area contributed by atoms with Crippen molar-refractivity contribution in [1.82, 2.24) is 24.4 Å². The quantitative estimate of drug-likeness (QED) is 0.351. The molecule has 0 aromatic carbocycles. The van der Waals surface area contributed by atoms with Crippen LogP contribution in [0.3, 0.4) is 0 Å². The molecule has 0 bridgehead atoms. The van der Waals surface area contributed by atoms with Crippen molar-refractivity contribution in [1.29, 1.82) is 0 Å². The van der Waals surface area contributed by atoms with E-state index in [0.29, 0.717) is 24.2 Å². The monoisotopic (exact) mass is 512 g/mol. The van der Waals surface area contributed by atoms with E-state index in [2.05, 4.69) is 20.1 Å². The van der Waals surface area contributed by atoms with E-state index in [1.807, 2.05) is 6.33 Å². The van der Waals surface area contributed by atoms with Crippen molar-refractivity contribution in [3.8, 4) is 0 Å². The second-order valence-corrected chi connectivity index (χ2v) is 11.6. The predicted octanol–water partition coefficient (Wildman–Crippen LogP) is 4.71. The van der Waals surface area contributed by atoms with Gasteiger partial charge in [-0.15, -0.1) is 0 Å². The van der Waals surface area contributed by atoms with Gasteiger partial charge in [-0.1, -0.05) is 25.7 Å². The van der Waals surface area contributed by atoms with Crippen molar-refractivity contribution in [3.05, 3.63) is 6.33 Å². The van der Waals surface area contributed by atoms with Crippen LogP contribution >= 0.6 is 0 Å². The lowest BCUT2D eigenvalue weighted by atomic mass is 9.92. The number of piperidine rings is 1. The van der Waals surface area contributed by atoms with Crippen LogP contribution in [0, 0.1) is 0 Å². The number of imidazole rings is 1. The molecule has 0 atom stereocenters. The van der Waals surface area contributed by atoms with Crippen molar-refractivity contribution < 1.29 is 4.74 Å². The summed E-state index contributed by atoms with van der Waals surface area (Å²) in [5.74, 6) is 1.63. The topological polar surface area (TPSA) is 106 Å². The largest absolute Gasteiger partial charge is 0.385 e. The van der Waals surface area contributed by atoms with E-state index in [0.717, 1.165) is 81.2 Å². The summed E-state index contributed by atoms with van der Waals surface area (Å²) in [4.78, 5) is 17.4. The van der Waals surface area contributed by atoms with E-state index in [9.17, 15) is 0 Å². The number of likely N-dealkylation sites (tertiary alicyclic amines) is 1. The minimum atomic E-state index is 0.337. The summed E-state index contributed by atoms with van der Waals surface area (Å²) in [5.41, 5.74) is 8.04. The smallest absolute Gasteiger partial charge is 0.227 e. The van der Waals surface area contributed by atoms with Crippen LogP contribution < -0.4 is 16.4 Å². The highest BCUT2D eigenvalue weighted by Gasteiger charge is 2.26. The lowest BCUT2D eigenvalue weighted by molar-refractivity contribution is 0.188. The number of nitrogens with two attached hydrogens (primary N) is 1. The van der Waals surface area contributed by atoms with Crippen LogP contribution in [0.5, 0.6) is 0 Å². The maximum Gasteiger partial charge on any atom is 0.227 e. The van der Waals surface area contributed by atoms with Gasteiger partial charge in [0.05, 0.1) is 6.33 Å². The molecule has 2 aliphatic carbocycles. The Morgan fingerprint density at radius 3 is 2.38 bits per heavy atom. The Labute approximate surface area is 222 Å². The number of rotatable bonds is 12. The van der Waals surface area contributed by atoms with Crippen LogP contribution in [0.1, 0.15) is 95.9 Å². The third kappa shape index (κ3) is 7.12. The minimum Gasteiger partial charge on any atom is -0.385 e. The van der Waals surface area contributed by atoms with Crippen molar-refractivity contribution in [2.75, 3.05) is 44.0 Å². The Morgan fingerprint density at radius 2 is 1.62 bits per heavy atom. The van der Waals surface area contributed by atoms with Crippen molar-refractivity contribution >= 4 is 22.9 Å². The fourth-order valence-corrected chi connectivity index (χ4v) is 6.41. The first-order valence-electron chi connectivity index (χ1n) is 14.9. The maximum atomic E-state index is 6.14. The van der Waals surface area contributed by atoms with Gasteiger partial charge in [-0.05, 0) is 70.8 Å². The Bertz CT molecular complexity index is 958. The average Bonchev–Trinajstić information content (AvgIpc) is 3.59. The zero-order valence-corrected chi connectivity index (χ0v) is 22.8. The number of anilines is 2. The van der Waals surface area contributed by atoms with Crippen LogP contribution in [0.15, 0.2) is 6.33 Å². The fraction of sp³-hybridized carbons (Fsp3) is 0.821. The summed E-state index contributed by atoms with van der Waals surface area (Å²) in [6.07, 6.45) is 18.6. The summed E-state index contributed by atoms with van der Waals surface area (Å²) in [6.45, 7) is 4.39. The van der Waals surface area contributed by atoms with Crippen LogP contribution in [0.4, 0.5) is 11.8 Å². The molecule has 2 aromatic heterocycles. The van der Waals surface area contributed by atoms with Gasteiger partial charge in [0.1, 0.15) is 0 Å². The number of nitrogens with zero attached hydrogens (tertiary/aromatic N) is 5. The molecule has 37 heavy (non-hydrogen) atoms. The molecule has 3 fully saturated rings. The highest BCUT2D eigenvalue weighted by atomic mass is 16.5. The molecule has 4 N–H and O–H groups in total. The van der Waals surface area contributed by atoms with E-state index in [1.54, 1.807) is 7.11 Å². The van der Waals surface area contributed by atoms with Gasteiger partial charge in [0.2, 0.25) is 5.95 Å². The maximum absolute atomic E-state index is 6.14. The van der Waals surface area contributed by atoms with Gasteiger partial charge in [-0.3, -0.25) is 0 Å². The summed E-state index contributed by atoms with van der Waals surface area (Å²) in [6, 6.07) is 1.66. The second kappa shape index (κ2) is 13.2. The van der Waals surface area contributed by atoms with Gasteiger partial charge in [0.25, 0.3) is 0 Å². The standard InChI is InChI=1S/C28H48N8O/c1-37-19-7-3-2-6-16-35-17-14-23(15-18-35)31-26-25-27(36(20-30-25)24-8-4-5-9-24)34-28(33-26)32-22-12-10-21(29)11-13-22/h20-24H,2-19,29H2,1H3,(H2,31,32,33,34). The van der Waals surface area contributed by atoms with Gasteiger partial charge in [0, 0.05) is 51.0 Å². The summed E-state index contributed by atoms with van der Waals surface area (Å²) in [7, 11) is 1.79. The molecule has 1 aliphatic heterocycles. The number of fused-ring (bicyclic) bond motifs is 1. The number of hydrogen-bond acceptors (Lipinski definition) is 8. The van der Waals surface area contributed by atoms with Gasteiger partial charge in [-0.2, -0.15) is 9.97 Å². The average molecular weight is 513 g/mol. The zero-order chi connectivity index (χ0) is 25.5. The molecule has 0 unspecified atom stereocenters. The fourth-order valence-electron chi connectivity index (χ4n) is 6.41. The molecule has 1 saturated heterocycles. The third-order valence-electron chi connectivity index (χ3n) is 8.75. The molecule has 5 rings (SSSR count). The third-order valence-corrected chi connectivity index (χ3v) is 8.75. The van der Waals surface area contributed by atoms with Gasteiger partial charge >= 0.3 is 0 Å². The van der Waals surface area contributed by atoms with Crippen molar-refractivity contribution in [2.45, 2.75) is 114 Å². The highest BCUT2D eigenvalue weighted by molar-refractivity contribution is 5.84. The van der Waals surface area contributed by atoms with Crippen LogP contribution in [-0.2, 0) is 4.74 Å². The molecule has 2 saturated carbocycles. The van der Waals surface area contributed by atoms with Gasteiger partial charge in [0.15, 0.2) is 17.0 Å². The summed E-state index contributed by atoms with van der Waals surface area (Å²) >= 11 is 0. The number of methoxy groups -OCH3 is 1. The van der Waals surface area contributed by atoms with E-state index < -0.39 is 0 Å². The Kier molecular flexibility index (Phi) is 9.50. The first kappa shape index (κ1) is 26.6. The Hall–Kier alpha value is -1.97. The van der Waals surface area contributed by atoms with Crippen molar-refractivity contribution in [2.24, 2.45) is 5.73 Å². The van der Waals surface area contributed by atoms with E-state index in [4.69, 9.17) is 25.4 Å². The second-order valence-electron chi connectivity index (χ2n) is 11.6. The molecule has 0 amide bonds.